The van der Waals surface area contributed by atoms with E-state index in [-0.39, 0.29) is 5.60 Å². The first-order valence-corrected chi connectivity index (χ1v) is 5.34. The van der Waals surface area contributed by atoms with Crippen LogP contribution in [0.4, 0.5) is 0 Å². The smallest absolute Gasteiger partial charge is 0.133 e. The zero-order valence-electron chi connectivity index (χ0n) is 9.62. The second kappa shape index (κ2) is 3.94. The summed E-state index contributed by atoms with van der Waals surface area (Å²) in [6.45, 7) is 9.71. The van der Waals surface area contributed by atoms with Gasteiger partial charge in [0.1, 0.15) is 5.76 Å². The standard InChI is InChI=1S/C11H18N2O2/c1-9-6-10(12-15-9)7-13-4-5-14-11(2,3)8-13/h6H,4-5,7-8H2,1-3H3. The van der Waals surface area contributed by atoms with Gasteiger partial charge in [-0.05, 0) is 20.8 Å². The molecule has 2 rings (SSSR count). The first-order chi connectivity index (χ1) is 7.05. The Morgan fingerprint density at radius 3 is 2.93 bits per heavy atom. The summed E-state index contributed by atoms with van der Waals surface area (Å²) in [5.74, 6) is 0.873. The molecule has 1 aromatic rings. The van der Waals surface area contributed by atoms with E-state index in [4.69, 9.17) is 9.26 Å². The van der Waals surface area contributed by atoms with Gasteiger partial charge < -0.3 is 9.26 Å². The van der Waals surface area contributed by atoms with E-state index in [9.17, 15) is 0 Å². The van der Waals surface area contributed by atoms with Crippen molar-refractivity contribution in [2.45, 2.75) is 32.9 Å². The Kier molecular flexibility index (Phi) is 2.80. The summed E-state index contributed by atoms with van der Waals surface area (Å²) in [5.41, 5.74) is 0.960. The number of hydrogen-bond donors (Lipinski definition) is 0. The van der Waals surface area contributed by atoms with E-state index in [1.807, 2.05) is 13.0 Å². The molecule has 0 bridgehead atoms. The number of morpholine rings is 1. The average Bonchev–Trinajstić information content (AvgIpc) is 2.49. The van der Waals surface area contributed by atoms with Crippen LogP contribution in [0.3, 0.4) is 0 Å². The van der Waals surface area contributed by atoms with Crippen LogP contribution in [0.2, 0.25) is 0 Å². The topological polar surface area (TPSA) is 38.5 Å². The summed E-state index contributed by atoms with van der Waals surface area (Å²) < 4.78 is 10.7. The summed E-state index contributed by atoms with van der Waals surface area (Å²) >= 11 is 0. The fraction of sp³-hybridized carbons (Fsp3) is 0.727. The third-order valence-electron chi connectivity index (χ3n) is 2.57. The SMILES string of the molecule is Cc1cc(CN2CCOC(C)(C)C2)no1. The molecule has 1 saturated heterocycles. The minimum Gasteiger partial charge on any atom is -0.373 e. The van der Waals surface area contributed by atoms with Crippen LogP contribution in [-0.2, 0) is 11.3 Å². The molecule has 15 heavy (non-hydrogen) atoms. The summed E-state index contributed by atoms with van der Waals surface area (Å²) in [6, 6.07) is 1.99. The van der Waals surface area contributed by atoms with Crippen LogP contribution in [0.15, 0.2) is 10.6 Å². The van der Waals surface area contributed by atoms with E-state index in [1.54, 1.807) is 0 Å². The molecule has 0 unspecified atom stereocenters. The summed E-state index contributed by atoms with van der Waals surface area (Å²) in [4.78, 5) is 2.35. The van der Waals surface area contributed by atoms with E-state index in [0.717, 1.165) is 37.7 Å². The Bertz CT molecular complexity index is 333. The first-order valence-electron chi connectivity index (χ1n) is 5.34. The number of nitrogens with zero attached hydrogens (tertiary/aromatic N) is 2. The summed E-state index contributed by atoms with van der Waals surface area (Å²) in [5, 5.41) is 4.00. The van der Waals surface area contributed by atoms with Crippen LogP contribution in [0.5, 0.6) is 0 Å². The van der Waals surface area contributed by atoms with Gasteiger partial charge in [-0.2, -0.15) is 0 Å². The molecule has 4 heteroatoms. The number of rotatable bonds is 2. The number of hydrogen-bond acceptors (Lipinski definition) is 4. The zero-order valence-corrected chi connectivity index (χ0v) is 9.62. The van der Waals surface area contributed by atoms with Gasteiger partial charge >= 0.3 is 0 Å². The lowest BCUT2D eigenvalue weighted by molar-refractivity contribution is -0.0886. The Morgan fingerprint density at radius 1 is 1.53 bits per heavy atom. The number of aromatic nitrogens is 1. The van der Waals surface area contributed by atoms with Crippen LogP contribution in [-0.4, -0.2) is 35.4 Å². The fourth-order valence-corrected chi connectivity index (χ4v) is 1.97. The number of aryl methyl sites for hydroxylation is 1. The van der Waals surface area contributed by atoms with Crippen molar-refractivity contribution in [2.24, 2.45) is 0 Å². The molecule has 0 amide bonds. The van der Waals surface area contributed by atoms with Crippen molar-refractivity contribution < 1.29 is 9.26 Å². The molecule has 1 aliphatic rings. The maximum absolute atomic E-state index is 5.65. The molecule has 2 heterocycles. The molecule has 0 saturated carbocycles. The third-order valence-corrected chi connectivity index (χ3v) is 2.57. The molecule has 0 aliphatic carbocycles. The van der Waals surface area contributed by atoms with Gasteiger partial charge in [-0.1, -0.05) is 5.16 Å². The minimum atomic E-state index is -0.0446. The largest absolute Gasteiger partial charge is 0.373 e. The molecule has 0 N–H and O–H groups in total. The predicted octanol–water partition coefficient (Wildman–Crippen LogP) is 1.59. The van der Waals surface area contributed by atoms with E-state index in [0.29, 0.717) is 0 Å². The maximum atomic E-state index is 5.65. The van der Waals surface area contributed by atoms with Crippen LogP contribution >= 0.6 is 0 Å². The molecule has 84 valence electrons. The summed E-state index contributed by atoms with van der Waals surface area (Å²) in [7, 11) is 0. The highest BCUT2D eigenvalue weighted by atomic mass is 16.5. The van der Waals surface area contributed by atoms with Crippen LogP contribution in [0, 0.1) is 6.92 Å². The quantitative estimate of drug-likeness (QED) is 0.743. The lowest BCUT2D eigenvalue weighted by atomic mass is 10.1. The van der Waals surface area contributed by atoms with Gasteiger partial charge in [0.25, 0.3) is 0 Å². The highest BCUT2D eigenvalue weighted by Crippen LogP contribution is 2.18. The molecule has 0 radical (unpaired) electrons. The summed E-state index contributed by atoms with van der Waals surface area (Å²) in [6.07, 6.45) is 0. The van der Waals surface area contributed by atoms with Gasteiger partial charge in [0.05, 0.1) is 17.9 Å². The second-order valence-corrected chi connectivity index (χ2v) is 4.75. The maximum Gasteiger partial charge on any atom is 0.133 e. The van der Waals surface area contributed by atoms with Crippen molar-refractivity contribution in [3.8, 4) is 0 Å². The normalized spacial score (nSPS) is 21.8. The molecule has 1 aliphatic heterocycles. The van der Waals surface area contributed by atoms with Crippen molar-refractivity contribution >= 4 is 0 Å². The van der Waals surface area contributed by atoms with Crippen LogP contribution in [0.25, 0.3) is 0 Å². The Hall–Kier alpha value is -0.870. The van der Waals surface area contributed by atoms with E-state index >= 15 is 0 Å². The van der Waals surface area contributed by atoms with Gasteiger partial charge in [-0.25, -0.2) is 0 Å². The molecular formula is C11H18N2O2. The van der Waals surface area contributed by atoms with E-state index in [1.165, 1.54) is 0 Å². The Labute approximate surface area is 90.2 Å². The van der Waals surface area contributed by atoms with Gasteiger partial charge in [0.2, 0.25) is 0 Å². The van der Waals surface area contributed by atoms with Crippen molar-refractivity contribution in [2.75, 3.05) is 19.7 Å². The monoisotopic (exact) mass is 210 g/mol. The van der Waals surface area contributed by atoms with Crippen molar-refractivity contribution in [3.05, 3.63) is 17.5 Å². The van der Waals surface area contributed by atoms with Crippen molar-refractivity contribution in [1.82, 2.24) is 10.1 Å². The molecule has 4 nitrogen and oxygen atoms in total. The Balaban J connectivity index is 1.95. The Morgan fingerprint density at radius 2 is 2.33 bits per heavy atom. The van der Waals surface area contributed by atoms with Gasteiger partial charge in [-0.15, -0.1) is 0 Å². The zero-order chi connectivity index (χ0) is 10.9. The fourth-order valence-electron chi connectivity index (χ4n) is 1.97. The third kappa shape index (κ3) is 2.79. The van der Waals surface area contributed by atoms with Gasteiger partial charge in [0, 0.05) is 25.7 Å². The highest BCUT2D eigenvalue weighted by molar-refractivity contribution is 5.03. The van der Waals surface area contributed by atoms with Gasteiger partial charge in [0.15, 0.2) is 0 Å². The lowest BCUT2D eigenvalue weighted by Gasteiger charge is -2.37. The molecular weight excluding hydrogens is 192 g/mol. The molecule has 1 aromatic heterocycles. The first kappa shape index (κ1) is 10.6. The van der Waals surface area contributed by atoms with Gasteiger partial charge in [-0.3, -0.25) is 4.90 Å². The minimum absolute atomic E-state index is 0.0446. The molecule has 0 aromatic carbocycles. The molecule has 0 spiro atoms. The van der Waals surface area contributed by atoms with Crippen molar-refractivity contribution in [1.29, 1.82) is 0 Å². The van der Waals surface area contributed by atoms with Crippen LogP contribution in [0.1, 0.15) is 25.3 Å². The molecule has 0 atom stereocenters. The number of ether oxygens (including phenoxy) is 1. The second-order valence-electron chi connectivity index (χ2n) is 4.75. The highest BCUT2D eigenvalue weighted by Gasteiger charge is 2.27. The lowest BCUT2D eigenvalue weighted by Crippen LogP contribution is -2.47. The predicted molar refractivity (Wildman–Crippen MR) is 56.5 cm³/mol. The molecule has 1 fully saturated rings. The average molecular weight is 210 g/mol. The van der Waals surface area contributed by atoms with Crippen molar-refractivity contribution in [3.63, 3.8) is 0 Å². The van der Waals surface area contributed by atoms with E-state index < -0.39 is 0 Å². The van der Waals surface area contributed by atoms with Crippen LogP contribution < -0.4 is 0 Å². The van der Waals surface area contributed by atoms with E-state index in [2.05, 4.69) is 23.9 Å².